The summed E-state index contributed by atoms with van der Waals surface area (Å²) in [7, 11) is 0. The number of rotatable bonds is 5. The molecular formula is C13H28N2. The van der Waals surface area contributed by atoms with Gasteiger partial charge in [0.2, 0.25) is 0 Å². The van der Waals surface area contributed by atoms with Crippen molar-refractivity contribution in [3.05, 3.63) is 0 Å². The molecule has 15 heavy (non-hydrogen) atoms. The molecule has 1 rings (SSSR count). The van der Waals surface area contributed by atoms with Gasteiger partial charge in [-0.3, -0.25) is 0 Å². The topological polar surface area (TPSA) is 38.0 Å². The molecule has 0 unspecified atom stereocenters. The van der Waals surface area contributed by atoms with Crippen LogP contribution in [0.1, 0.15) is 52.9 Å². The third-order valence-electron chi connectivity index (χ3n) is 4.32. The molecule has 0 bridgehead atoms. The highest BCUT2D eigenvalue weighted by atomic mass is 14.9. The molecule has 2 heteroatoms. The van der Waals surface area contributed by atoms with Crippen molar-refractivity contribution >= 4 is 0 Å². The van der Waals surface area contributed by atoms with Gasteiger partial charge < -0.3 is 11.1 Å². The Morgan fingerprint density at radius 2 is 1.80 bits per heavy atom. The highest BCUT2D eigenvalue weighted by Gasteiger charge is 2.31. The Labute approximate surface area is 95.0 Å². The fraction of sp³-hybridized carbons (Fsp3) is 1.00. The van der Waals surface area contributed by atoms with Crippen LogP contribution in [0, 0.1) is 11.3 Å². The predicted molar refractivity (Wildman–Crippen MR) is 66.9 cm³/mol. The smallest absolute Gasteiger partial charge is 0.00770 e. The van der Waals surface area contributed by atoms with Crippen molar-refractivity contribution in [1.82, 2.24) is 5.32 Å². The molecule has 3 N–H and O–H groups in total. The summed E-state index contributed by atoms with van der Waals surface area (Å²) in [5.74, 6) is 0.929. The minimum Gasteiger partial charge on any atom is -0.329 e. The highest BCUT2D eigenvalue weighted by molar-refractivity contribution is 4.84. The summed E-state index contributed by atoms with van der Waals surface area (Å²) in [6.07, 6.45) is 6.77. The SMILES string of the molecule is CCC(C)(C)C1CCC(NCCN)CC1. The van der Waals surface area contributed by atoms with Gasteiger partial charge in [-0.05, 0) is 37.0 Å². The Kier molecular flexibility index (Phi) is 5.07. The number of nitrogens with one attached hydrogen (secondary N) is 1. The highest BCUT2D eigenvalue weighted by Crippen LogP contribution is 2.40. The lowest BCUT2D eigenvalue weighted by Gasteiger charge is -2.39. The standard InChI is InChI=1S/C13H28N2/c1-4-13(2,3)11-5-7-12(8-6-11)15-10-9-14/h11-12,15H,4-10,14H2,1-3H3. The van der Waals surface area contributed by atoms with E-state index in [0.717, 1.165) is 25.0 Å². The first-order valence-corrected chi connectivity index (χ1v) is 6.53. The summed E-state index contributed by atoms with van der Waals surface area (Å²) >= 11 is 0. The first-order valence-electron chi connectivity index (χ1n) is 6.53. The van der Waals surface area contributed by atoms with E-state index in [-0.39, 0.29) is 0 Å². The van der Waals surface area contributed by atoms with Crippen LogP contribution in [0.25, 0.3) is 0 Å². The van der Waals surface area contributed by atoms with Crippen LogP contribution in [0.5, 0.6) is 0 Å². The molecule has 0 aromatic carbocycles. The molecule has 90 valence electrons. The number of hydrogen-bond donors (Lipinski definition) is 2. The second-order valence-electron chi connectivity index (χ2n) is 5.63. The predicted octanol–water partition coefficient (Wildman–Crippen LogP) is 2.53. The van der Waals surface area contributed by atoms with Crippen LogP contribution in [0.15, 0.2) is 0 Å². The molecule has 0 aliphatic heterocycles. The first kappa shape index (κ1) is 13.0. The van der Waals surface area contributed by atoms with Gasteiger partial charge in [0.25, 0.3) is 0 Å². The summed E-state index contributed by atoms with van der Waals surface area (Å²) in [5, 5.41) is 3.54. The molecule has 1 fully saturated rings. The summed E-state index contributed by atoms with van der Waals surface area (Å²) in [5.41, 5.74) is 6.04. The van der Waals surface area contributed by atoms with Gasteiger partial charge in [0.1, 0.15) is 0 Å². The normalized spacial score (nSPS) is 28.0. The number of hydrogen-bond acceptors (Lipinski definition) is 2. The zero-order valence-electron chi connectivity index (χ0n) is 10.7. The van der Waals surface area contributed by atoms with Crippen molar-refractivity contribution in [2.75, 3.05) is 13.1 Å². The van der Waals surface area contributed by atoms with Crippen molar-refractivity contribution in [2.45, 2.75) is 58.9 Å². The lowest BCUT2D eigenvalue weighted by molar-refractivity contribution is 0.137. The number of nitrogens with two attached hydrogens (primary N) is 1. The fourth-order valence-electron chi connectivity index (χ4n) is 2.66. The van der Waals surface area contributed by atoms with Crippen LogP contribution in [-0.4, -0.2) is 19.1 Å². The largest absolute Gasteiger partial charge is 0.329 e. The van der Waals surface area contributed by atoms with E-state index in [1.807, 2.05) is 0 Å². The van der Waals surface area contributed by atoms with E-state index in [1.165, 1.54) is 32.1 Å². The zero-order valence-corrected chi connectivity index (χ0v) is 10.7. The Morgan fingerprint density at radius 3 is 2.27 bits per heavy atom. The second kappa shape index (κ2) is 5.86. The lowest BCUT2D eigenvalue weighted by atomic mass is 9.69. The third-order valence-corrected chi connectivity index (χ3v) is 4.32. The van der Waals surface area contributed by atoms with Crippen LogP contribution < -0.4 is 11.1 Å². The molecule has 0 radical (unpaired) electrons. The van der Waals surface area contributed by atoms with Gasteiger partial charge in [-0.15, -0.1) is 0 Å². The third kappa shape index (κ3) is 3.76. The van der Waals surface area contributed by atoms with E-state index in [9.17, 15) is 0 Å². The van der Waals surface area contributed by atoms with E-state index in [2.05, 4.69) is 26.1 Å². The minimum atomic E-state index is 0.541. The summed E-state index contributed by atoms with van der Waals surface area (Å²) in [6, 6.07) is 0.734. The Balaban J connectivity index is 2.29. The van der Waals surface area contributed by atoms with Gasteiger partial charge in [0, 0.05) is 19.1 Å². The molecule has 1 aliphatic carbocycles. The van der Waals surface area contributed by atoms with E-state index in [4.69, 9.17) is 5.73 Å². The summed E-state index contributed by atoms with van der Waals surface area (Å²) in [4.78, 5) is 0. The van der Waals surface area contributed by atoms with Crippen LogP contribution >= 0.6 is 0 Å². The van der Waals surface area contributed by atoms with Crippen LogP contribution in [0.4, 0.5) is 0 Å². The maximum atomic E-state index is 5.50. The van der Waals surface area contributed by atoms with Crippen molar-refractivity contribution in [1.29, 1.82) is 0 Å². The van der Waals surface area contributed by atoms with Gasteiger partial charge in [-0.25, -0.2) is 0 Å². The minimum absolute atomic E-state index is 0.541. The van der Waals surface area contributed by atoms with Gasteiger partial charge in [-0.2, -0.15) is 0 Å². The monoisotopic (exact) mass is 212 g/mol. The lowest BCUT2D eigenvalue weighted by Crippen LogP contribution is -2.38. The Hall–Kier alpha value is -0.0800. The Morgan fingerprint density at radius 1 is 1.20 bits per heavy atom. The average molecular weight is 212 g/mol. The van der Waals surface area contributed by atoms with E-state index in [1.54, 1.807) is 0 Å². The molecule has 0 heterocycles. The quantitative estimate of drug-likeness (QED) is 0.735. The average Bonchev–Trinajstić information content (AvgIpc) is 2.27. The van der Waals surface area contributed by atoms with Crippen molar-refractivity contribution in [3.63, 3.8) is 0 Å². The Bertz CT molecular complexity index is 169. The molecule has 1 aliphatic rings. The second-order valence-corrected chi connectivity index (χ2v) is 5.63. The molecule has 0 aromatic heterocycles. The van der Waals surface area contributed by atoms with Crippen molar-refractivity contribution < 1.29 is 0 Å². The van der Waals surface area contributed by atoms with Crippen LogP contribution in [0.3, 0.4) is 0 Å². The van der Waals surface area contributed by atoms with Gasteiger partial charge in [0.15, 0.2) is 0 Å². The summed E-state index contributed by atoms with van der Waals surface area (Å²) in [6.45, 7) is 8.91. The van der Waals surface area contributed by atoms with Crippen molar-refractivity contribution in [3.8, 4) is 0 Å². The molecule has 0 spiro atoms. The van der Waals surface area contributed by atoms with Gasteiger partial charge >= 0.3 is 0 Å². The molecule has 0 atom stereocenters. The van der Waals surface area contributed by atoms with E-state index < -0.39 is 0 Å². The zero-order chi connectivity index (χ0) is 11.3. The van der Waals surface area contributed by atoms with Crippen molar-refractivity contribution in [2.24, 2.45) is 17.1 Å². The molecule has 0 amide bonds. The molecule has 0 saturated heterocycles. The maximum absolute atomic E-state index is 5.50. The first-order chi connectivity index (χ1) is 7.10. The molecule has 2 nitrogen and oxygen atoms in total. The van der Waals surface area contributed by atoms with Gasteiger partial charge in [-0.1, -0.05) is 27.2 Å². The maximum Gasteiger partial charge on any atom is 0.00770 e. The van der Waals surface area contributed by atoms with Gasteiger partial charge in [0.05, 0.1) is 0 Å². The van der Waals surface area contributed by atoms with Crippen LogP contribution in [0.2, 0.25) is 0 Å². The molecule has 1 saturated carbocycles. The molecular weight excluding hydrogens is 184 g/mol. The van der Waals surface area contributed by atoms with E-state index in [0.29, 0.717) is 5.41 Å². The summed E-state index contributed by atoms with van der Waals surface area (Å²) < 4.78 is 0. The van der Waals surface area contributed by atoms with E-state index >= 15 is 0 Å². The molecule has 0 aromatic rings. The fourth-order valence-corrected chi connectivity index (χ4v) is 2.66. The van der Waals surface area contributed by atoms with Crippen LogP contribution in [-0.2, 0) is 0 Å².